The first kappa shape index (κ1) is 23.0. The molecule has 2 amide bonds. The lowest BCUT2D eigenvalue weighted by atomic mass is 9.93. The minimum Gasteiger partial charge on any atom is -0.497 e. The standard InChI is InChI=1S/C26H27FN2O3S/c1-3-13-28(26(31)19-5-4-6-20(27)16-19)17-24(30)29-14-11-23-22(12-15-33-23)25(29)18-7-9-21(32-2)10-8-18/h4-10,12,15-16,25H,3,11,13-14,17H2,1-2H3. The van der Waals surface area contributed by atoms with Crippen LogP contribution in [0, 0.1) is 5.82 Å². The van der Waals surface area contributed by atoms with Crippen molar-refractivity contribution in [2.45, 2.75) is 25.8 Å². The maximum absolute atomic E-state index is 13.7. The van der Waals surface area contributed by atoms with Crippen LogP contribution < -0.4 is 4.74 Å². The van der Waals surface area contributed by atoms with E-state index in [0.29, 0.717) is 19.5 Å². The molecule has 1 atom stereocenters. The van der Waals surface area contributed by atoms with Gasteiger partial charge in [-0.05, 0) is 65.7 Å². The fraction of sp³-hybridized carbons (Fsp3) is 0.308. The lowest BCUT2D eigenvalue weighted by Gasteiger charge is -2.37. The molecule has 172 valence electrons. The number of hydrogen-bond donors (Lipinski definition) is 0. The SMILES string of the molecule is CCCN(CC(=O)N1CCc2sccc2C1c1ccc(OC)cc1)C(=O)c1cccc(F)c1. The van der Waals surface area contributed by atoms with Crippen molar-refractivity contribution in [1.82, 2.24) is 9.80 Å². The Hall–Kier alpha value is -3.19. The Kier molecular flexibility index (Phi) is 7.08. The molecule has 2 aromatic carbocycles. The minimum atomic E-state index is -0.468. The lowest BCUT2D eigenvalue weighted by molar-refractivity contribution is -0.134. The number of amides is 2. The fourth-order valence-corrected chi connectivity index (χ4v) is 5.22. The first-order chi connectivity index (χ1) is 16.0. The van der Waals surface area contributed by atoms with Gasteiger partial charge in [-0.3, -0.25) is 9.59 Å². The smallest absolute Gasteiger partial charge is 0.254 e. The summed E-state index contributed by atoms with van der Waals surface area (Å²) in [7, 11) is 1.63. The third-order valence-electron chi connectivity index (χ3n) is 5.90. The lowest BCUT2D eigenvalue weighted by Crippen LogP contribution is -2.47. The molecule has 1 aliphatic rings. The number of rotatable bonds is 7. The van der Waals surface area contributed by atoms with Crippen LogP contribution in [0.3, 0.4) is 0 Å². The molecule has 1 unspecified atom stereocenters. The first-order valence-electron chi connectivity index (χ1n) is 11.1. The van der Waals surface area contributed by atoms with E-state index >= 15 is 0 Å². The van der Waals surface area contributed by atoms with Crippen molar-refractivity contribution in [3.8, 4) is 5.75 Å². The normalized spacial score (nSPS) is 15.1. The van der Waals surface area contributed by atoms with Crippen LogP contribution in [0.4, 0.5) is 4.39 Å². The van der Waals surface area contributed by atoms with Gasteiger partial charge in [0.15, 0.2) is 0 Å². The molecule has 0 radical (unpaired) electrons. The van der Waals surface area contributed by atoms with Crippen molar-refractivity contribution in [1.29, 1.82) is 0 Å². The van der Waals surface area contributed by atoms with Crippen LogP contribution in [-0.2, 0) is 11.2 Å². The minimum absolute atomic E-state index is 0.0463. The zero-order valence-electron chi connectivity index (χ0n) is 18.8. The van der Waals surface area contributed by atoms with Crippen molar-refractivity contribution in [3.63, 3.8) is 0 Å². The summed E-state index contributed by atoms with van der Waals surface area (Å²) in [5.74, 6) is -0.165. The van der Waals surface area contributed by atoms with E-state index in [2.05, 4.69) is 11.4 Å². The summed E-state index contributed by atoms with van der Waals surface area (Å²) in [6, 6.07) is 15.2. The number of halogens is 1. The number of ether oxygens (including phenoxy) is 1. The second kappa shape index (κ2) is 10.2. The summed E-state index contributed by atoms with van der Waals surface area (Å²) >= 11 is 1.71. The molecule has 0 spiro atoms. The molecule has 0 fully saturated rings. The summed E-state index contributed by atoms with van der Waals surface area (Å²) in [4.78, 5) is 31.3. The zero-order valence-corrected chi connectivity index (χ0v) is 19.6. The number of thiophene rings is 1. The molecule has 0 aliphatic carbocycles. The molecular formula is C26H27FN2O3S. The zero-order chi connectivity index (χ0) is 23.4. The summed E-state index contributed by atoms with van der Waals surface area (Å²) in [6.45, 7) is 2.91. The average Bonchev–Trinajstić information content (AvgIpc) is 3.31. The molecule has 4 rings (SSSR count). The van der Waals surface area contributed by atoms with Gasteiger partial charge in [-0.2, -0.15) is 0 Å². The molecule has 33 heavy (non-hydrogen) atoms. The van der Waals surface area contributed by atoms with Gasteiger partial charge in [-0.25, -0.2) is 4.39 Å². The van der Waals surface area contributed by atoms with Crippen LogP contribution in [0.15, 0.2) is 60.0 Å². The third kappa shape index (κ3) is 4.93. The molecule has 2 heterocycles. The van der Waals surface area contributed by atoms with Gasteiger partial charge in [-0.1, -0.05) is 25.1 Å². The summed E-state index contributed by atoms with van der Waals surface area (Å²) in [5.41, 5.74) is 2.38. The average molecular weight is 467 g/mol. The highest BCUT2D eigenvalue weighted by molar-refractivity contribution is 7.10. The number of hydrogen-bond acceptors (Lipinski definition) is 4. The Morgan fingerprint density at radius 2 is 1.97 bits per heavy atom. The van der Waals surface area contributed by atoms with Crippen LogP contribution >= 0.6 is 11.3 Å². The number of methoxy groups -OCH3 is 1. The highest BCUT2D eigenvalue weighted by atomic mass is 32.1. The van der Waals surface area contributed by atoms with E-state index in [0.717, 1.165) is 23.3 Å². The Balaban J connectivity index is 1.61. The summed E-state index contributed by atoms with van der Waals surface area (Å²) in [6.07, 6.45) is 1.49. The van der Waals surface area contributed by atoms with E-state index in [1.807, 2.05) is 36.1 Å². The predicted molar refractivity (Wildman–Crippen MR) is 127 cm³/mol. The fourth-order valence-electron chi connectivity index (χ4n) is 4.31. The Labute approximate surface area is 197 Å². The van der Waals surface area contributed by atoms with Crippen LogP contribution in [-0.4, -0.2) is 48.4 Å². The van der Waals surface area contributed by atoms with Gasteiger partial charge in [0.25, 0.3) is 5.91 Å². The number of fused-ring (bicyclic) bond motifs is 1. The molecule has 7 heteroatoms. The first-order valence-corrected chi connectivity index (χ1v) is 11.9. The van der Waals surface area contributed by atoms with E-state index in [1.165, 1.54) is 28.0 Å². The van der Waals surface area contributed by atoms with Crippen molar-refractivity contribution < 1.29 is 18.7 Å². The van der Waals surface area contributed by atoms with Gasteiger partial charge in [0, 0.05) is 23.5 Å². The largest absolute Gasteiger partial charge is 0.497 e. The van der Waals surface area contributed by atoms with Gasteiger partial charge in [-0.15, -0.1) is 11.3 Å². The molecule has 0 N–H and O–H groups in total. The van der Waals surface area contributed by atoms with Crippen molar-refractivity contribution in [2.24, 2.45) is 0 Å². The number of nitrogens with zero attached hydrogens (tertiary/aromatic N) is 2. The van der Waals surface area contributed by atoms with Crippen LogP contribution in [0.1, 0.15) is 45.7 Å². The van der Waals surface area contributed by atoms with Gasteiger partial charge in [0.2, 0.25) is 5.91 Å². The molecule has 3 aromatic rings. The van der Waals surface area contributed by atoms with Crippen molar-refractivity contribution in [2.75, 3.05) is 26.7 Å². The molecule has 1 aromatic heterocycles. The second-order valence-electron chi connectivity index (χ2n) is 8.05. The Morgan fingerprint density at radius 1 is 1.18 bits per heavy atom. The number of benzene rings is 2. The molecule has 0 saturated heterocycles. The van der Waals surface area contributed by atoms with Crippen LogP contribution in [0.2, 0.25) is 0 Å². The maximum Gasteiger partial charge on any atom is 0.254 e. The van der Waals surface area contributed by atoms with E-state index < -0.39 is 5.82 Å². The topological polar surface area (TPSA) is 49.9 Å². The van der Waals surface area contributed by atoms with E-state index in [-0.39, 0.29) is 30.0 Å². The van der Waals surface area contributed by atoms with Crippen molar-refractivity contribution >= 4 is 23.2 Å². The molecular weight excluding hydrogens is 439 g/mol. The van der Waals surface area contributed by atoms with E-state index in [4.69, 9.17) is 4.74 Å². The third-order valence-corrected chi connectivity index (χ3v) is 6.89. The molecule has 0 bridgehead atoms. The molecule has 1 aliphatic heterocycles. The second-order valence-corrected chi connectivity index (χ2v) is 9.05. The Morgan fingerprint density at radius 3 is 2.67 bits per heavy atom. The monoisotopic (exact) mass is 466 g/mol. The highest BCUT2D eigenvalue weighted by Crippen LogP contribution is 2.38. The predicted octanol–water partition coefficient (Wildman–Crippen LogP) is 4.92. The highest BCUT2D eigenvalue weighted by Gasteiger charge is 2.34. The van der Waals surface area contributed by atoms with Gasteiger partial charge in [0.05, 0.1) is 13.2 Å². The van der Waals surface area contributed by atoms with Gasteiger partial charge >= 0.3 is 0 Å². The number of carbonyl (C=O) groups is 2. The quantitative estimate of drug-likeness (QED) is 0.497. The van der Waals surface area contributed by atoms with Crippen LogP contribution in [0.5, 0.6) is 5.75 Å². The van der Waals surface area contributed by atoms with E-state index in [9.17, 15) is 14.0 Å². The maximum atomic E-state index is 13.7. The van der Waals surface area contributed by atoms with Crippen molar-refractivity contribution in [3.05, 3.63) is 87.4 Å². The molecule has 0 saturated carbocycles. The van der Waals surface area contributed by atoms with Gasteiger partial charge in [0.1, 0.15) is 18.1 Å². The van der Waals surface area contributed by atoms with Crippen LogP contribution in [0.25, 0.3) is 0 Å². The molecule has 5 nitrogen and oxygen atoms in total. The van der Waals surface area contributed by atoms with E-state index in [1.54, 1.807) is 24.5 Å². The Bertz CT molecular complexity index is 1130. The summed E-state index contributed by atoms with van der Waals surface area (Å²) in [5, 5.41) is 2.06. The summed E-state index contributed by atoms with van der Waals surface area (Å²) < 4.78 is 19.0. The number of carbonyl (C=O) groups excluding carboxylic acids is 2. The van der Waals surface area contributed by atoms with Gasteiger partial charge < -0.3 is 14.5 Å².